The average molecular weight is 390 g/mol. The molecule has 0 unspecified atom stereocenters. The second-order valence-corrected chi connectivity index (χ2v) is 6.66. The highest BCUT2D eigenvalue weighted by Gasteiger charge is 2.34. The van der Waals surface area contributed by atoms with Crippen LogP contribution in [0.15, 0.2) is 48.0 Å². The third-order valence-corrected chi connectivity index (χ3v) is 4.91. The minimum atomic E-state index is -0.462. The number of hydrogen-bond donors (Lipinski definition) is 1. The monoisotopic (exact) mass is 389 g/mol. The highest BCUT2D eigenvalue weighted by Crippen LogP contribution is 2.29. The van der Waals surface area contributed by atoms with Crippen LogP contribution in [0.3, 0.4) is 0 Å². The number of nitrogens with one attached hydrogen (secondary N) is 1. The summed E-state index contributed by atoms with van der Waals surface area (Å²) in [5, 5.41) is 1.84. The van der Waals surface area contributed by atoms with Gasteiger partial charge < -0.3 is 4.90 Å². The van der Waals surface area contributed by atoms with Crippen LogP contribution in [0.2, 0.25) is 10.0 Å². The Morgan fingerprint density at radius 3 is 2.38 bits per heavy atom. The fraction of sp³-hybridized carbons (Fsp3) is 0.158. The van der Waals surface area contributed by atoms with Gasteiger partial charge in [0.1, 0.15) is 5.57 Å². The van der Waals surface area contributed by atoms with Gasteiger partial charge in [-0.05, 0) is 48.9 Å². The number of benzene rings is 2. The molecule has 5 nitrogen and oxygen atoms in total. The van der Waals surface area contributed by atoms with Crippen molar-refractivity contribution in [3.8, 4) is 0 Å². The van der Waals surface area contributed by atoms with E-state index in [9.17, 15) is 9.59 Å². The van der Waals surface area contributed by atoms with Crippen molar-refractivity contribution in [2.75, 3.05) is 23.5 Å². The molecule has 3 rings (SSSR count). The van der Waals surface area contributed by atoms with Gasteiger partial charge in [-0.15, -0.1) is 0 Å². The molecular formula is C19H17Cl2N3O2. The molecule has 0 bridgehead atoms. The van der Waals surface area contributed by atoms with E-state index in [1.54, 1.807) is 18.2 Å². The maximum Gasteiger partial charge on any atom is 0.282 e. The first-order chi connectivity index (χ1) is 12.4. The van der Waals surface area contributed by atoms with Crippen LogP contribution >= 0.6 is 23.2 Å². The van der Waals surface area contributed by atoms with E-state index in [0.29, 0.717) is 15.7 Å². The molecule has 7 heteroatoms. The Labute approximate surface area is 161 Å². The number of anilines is 2. The van der Waals surface area contributed by atoms with Crippen molar-refractivity contribution in [1.29, 1.82) is 0 Å². The van der Waals surface area contributed by atoms with E-state index in [1.165, 1.54) is 6.07 Å². The minimum Gasteiger partial charge on any atom is -0.375 e. The molecule has 1 fully saturated rings. The molecule has 26 heavy (non-hydrogen) atoms. The van der Waals surface area contributed by atoms with Gasteiger partial charge in [-0.1, -0.05) is 35.3 Å². The highest BCUT2D eigenvalue weighted by atomic mass is 35.5. The first-order valence-corrected chi connectivity index (χ1v) is 8.79. The zero-order valence-electron chi connectivity index (χ0n) is 14.3. The molecular weight excluding hydrogens is 373 g/mol. The smallest absolute Gasteiger partial charge is 0.282 e. The number of carbonyl (C=O) groups is 2. The Bertz CT molecular complexity index is 894. The third kappa shape index (κ3) is 3.54. The molecule has 1 heterocycles. The fourth-order valence-corrected chi connectivity index (χ4v) is 2.83. The van der Waals surface area contributed by atoms with E-state index in [4.69, 9.17) is 23.2 Å². The lowest BCUT2D eigenvalue weighted by molar-refractivity contribution is -0.117. The second-order valence-electron chi connectivity index (χ2n) is 5.84. The number of carbonyl (C=O) groups excluding carboxylic acids is 2. The van der Waals surface area contributed by atoms with Crippen LogP contribution < -0.4 is 15.3 Å². The van der Waals surface area contributed by atoms with Crippen LogP contribution in [0.25, 0.3) is 6.08 Å². The van der Waals surface area contributed by atoms with Crippen LogP contribution in [0.1, 0.15) is 12.5 Å². The van der Waals surface area contributed by atoms with E-state index in [0.717, 1.165) is 22.8 Å². The number of halogens is 2. The molecule has 0 radical (unpaired) electrons. The lowest BCUT2D eigenvalue weighted by Gasteiger charge is -2.16. The van der Waals surface area contributed by atoms with Crippen LogP contribution in [0.4, 0.5) is 11.4 Å². The Hall–Kier alpha value is -2.50. The van der Waals surface area contributed by atoms with Gasteiger partial charge in [-0.25, -0.2) is 5.01 Å². The summed E-state index contributed by atoms with van der Waals surface area (Å²) >= 11 is 11.9. The SMILES string of the molecule is CCN(C)c1ccc(/C=C2\C(=O)NN(c3ccc(Cl)c(Cl)c3)C2=O)cc1. The molecule has 2 aromatic rings. The van der Waals surface area contributed by atoms with E-state index < -0.39 is 11.8 Å². The molecule has 0 aromatic heterocycles. The summed E-state index contributed by atoms with van der Waals surface area (Å²) in [4.78, 5) is 27.0. The van der Waals surface area contributed by atoms with E-state index in [2.05, 4.69) is 17.2 Å². The summed E-state index contributed by atoms with van der Waals surface area (Å²) in [6.07, 6.45) is 1.57. The Morgan fingerprint density at radius 1 is 1.08 bits per heavy atom. The fourth-order valence-electron chi connectivity index (χ4n) is 2.54. The summed E-state index contributed by atoms with van der Waals surface area (Å²) in [5.74, 6) is -0.904. The maximum absolute atomic E-state index is 12.6. The van der Waals surface area contributed by atoms with Crippen LogP contribution in [-0.4, -0.2) is 25.4 Å². The summed E-state index contributed by atoms with van der Waals surface area (Å²) < 4.78 is 0. The van der Waals surface area contributed by atoms with Crippen molar-refractivity contribution in [1.82, 2.24) is 5.43 Å². The van der Waals surface area contributed by atoms with Crippen LogP contribution in [0, 0.1) is 0 Å². The largest absolute Gasteiger partial charge is 0.375 e. The predicted molar refractivity (Wildman–Crippen MR) is 105 cm³/mol. The van der Waals surface area contributed by atoms with Gasteiger partial charge >= 0.3 is 0 Å². The quantitative estimate of drug-likeness (QED) is 0.636. The molecule has 134 valence electrons. The van der Waals surface area contributed by atoms with Crippen molar-refractivity contribution < 1.29 is 9.59 Å². The lowest BCUT2D eigenvalue weighted by Crippen LogP contribution is -2.35. The third-order valence-electron chi connectivity index (χ3n) is 4.17. The number of hydrogen-bond acceptors (Lipinski definition) is 3. The number of amides is 2. The topological polar surface area (TPSA) is 52.7 Å². The highest BCUT2D eigenvalue weighted by molar-refractivity contribution is 6.42. The molecule has 0 spiro atoms. The van der Waals surface area contributed by atoms with Gasteiger partial charge in [0.2, 0.25) is 0 Å². The Morgan fingerprint density at radius 2 is 1.77 bits per heavy atom. The lowest BCUT2D eigenvalue weighted by atomic mass is 10.1. The summed E-state index contributed by atoms with van der Waals surface area (Å²) in [6.45, 7) is 2.95. The molecule has 1 saturated heterocycles. The second kappa shape index (κ2) is 7.40. The van der Waals surface area contributed by atoms with Gasteiger partial charge in [0, 0.05) is 19.3 Å². The molecule has 1 aliphatic rings. The summed E-state index contributed by atoms with van der Waals surface area (Å²) in [6, 6.07) is 12.4. The van der Waals surface area contributed by atoms with Gasteiger partial charge in [0.15, 0.2) is 0 Å². The molecule has 0 saturated carbocycles. The average Bonchev–Trinajstić information content (AvgIpc) is 2.92. The maximum atomic E-state index is 12.6. The number of rotatable bonds is 4. The van der Waals surface area contributed by atoms with Crippen molar-refractivity contribution in [2.24, 2.45) is 0 Å². The van der Waals surface area contributed by atoms with Crippen LogP contribution in [-0.2, 0) is 9.59 Å². The zero-order valence-corrected chi connectivity index (χ0v) is 15.8. The molecule has 0 atom stereocenters. The minimum absolute atomic E-state index is 0.0627. The summed E-state index contributed by atoms with van der Waals surface area (Å²) in [5.41, 5.74) is 4.89. The first-order valence-electron chi connectivity index (χ1n) is 8.04. The predicted octanol–water partition coefficient (Wildman–Crippen LogP) is 3.91. The number of nitrogens with zero attached hydrogens (tertiary/aromatic N) is 2. The molecule has 0 aliphatic carbocycles. The standard InChI is InChI=1S/C19H17Cl2N3O2/c1-3-23(2)13-6-4-12(5-7-13)10-15-18(25)22-24(19(15)26)14-8-9-16(20)17(21)11-14/h4-11H,3H2,1-2H3,(H,22,25)/b15-10+. The van der Waals surface area contributed by atoms with Crippen molar-refractivity contribution in [3.05, 3.63) is 63.6 Å². The van der Waals surface area contributed by atoms with Gasteiger partial charge in [0.25, 0.3) is 11.8 Å². The molecule has 2 aromatic carbocycles. The molecule has 2 amide bonds. The van der Waals surface area contributed by atoms with E-state index >= 15 is 0 Å². The molecule has 1 aliphatic heterocycles. The van der Waals surface area contributed by atoms with Gasteiger partial charge in [0.05, 0.1) is 15.7 Å². The van der Waals surface area contributed by atoms with E-state index in [-0.39, 0.29) is 5.57 Å². The van der Waals surface area contributed by atoms with Crippen molar-refractivity contribution in [3.63, 3.8) is 0 Å². The normalized spacial score (nSPS) is 15.5. The van der Waals surface area contributed by atoms with Crippen molar-refractivity contribution in [2.45, 2.75) is 6.92 Å². The van der Waals surface area contributed by atoms with Crippen molar-refractivity contribution >= 4 is 52.5 Å². The first kappa shape index (κ1) is 18.3. The van der Waals surface area contributed by atoms with E-state index in [1.807, 2.05) is 31.3 Å². The van der Waals surface area contributed by atoms with Crippen LogP contribution in [0.5, 0.6) is 0 Å². The molecule has 1 N–H and O–H groups in total. The Balaban J connectivity index is 1.86. The number of hydrazine groups is 1. The van der Waals surface area contributed by atoms with Gasteiger partial charge in [-0.3, -0.25) is 15.0 Å². The zero-order chi connectivity index (χ0) is 18.8. The summed E-state index contributed by atoms with van der Waals surface area (Å²) in [7, 11) is 2.00. The Kier molecular flexibility index (Phi) is 5.20. The van der Waals surface area contributed by atoms with Gasteiger partial charge in [-0.2, -0.15) is 0 Å².